The van der Waals surface area contributed by atoms with Crippen molar-refractivity contribution in [3.8, 4) is 11.5 Å². The molecule has 0 saturated heterocycles. The normalized spacial score (nSPS) is 11.9. The van der Waals surface area contributed by atoms with Gasteiger partial charge in [0.1, 0.15) is 20.3 Å². The third kappa shape index (κ3) is 3.23. The van der Waals surface area contributed by atoms with Crippen molar-refractivity contribution >= 4 is 19.2 Å². The van der Waals surface area contributed by atoms with Crippen LogP contribution in [0.3, 0.4) is 0 Å². The van der Waals surface area contributed by atoms with Crippen molar-refractivity contribution in [2.24, 2.45) is 0 Å². The van der Waals surface area contributed by atoms with E-state index >= 15 is 0 Å². The summed E-state index contributed by atoms with van der Waals surface area (Å²) >= 11 is 0. The van der Waals surface area contributed by atoms with E-state index in [0.29, 0.717) is 0 Å². The van der Waals surface area contributed by atoms with Gasteiger partial charge in [0, 0.05) is 0 Å². The van der Waals surface area contributed by atoms with E-state index < -0.39 is 8.80 Å². The second kappa shape index (κ2) is 6.42. The molecule has 0 amide bonds. The van der Waals surface area contributed by atoms with E-state index in [2.05, 4.69) is 55.1 Å². The van der Waals surface area contributed by atoms with Gasteiger partial charge < -0.3 is 4.74 Å². The smallest absolute Gasteiger partial charge is 0.127 e. The zero-order chi connectivity index (χ0) is 14.5. The van der Waals surface area contributed by atoms with Crippen molar-refractivity contribution in [1.82, 2.24) is 0 Å². The first-order chi connectivity index (χ1) is 10.3. The van der Waals surface area contributed by atoms with Crippen molar-refractivity contribution in [2.45, 2.75) is 6.55 Å². The predicted molar refractivity (Wildman–Crippen MR) is 91.7 cm³/mol. The molecule has 0 saturated carbocycles. The molecule has 1 atom stereocenters. The highest BCUT2D eigenvalue weighted by atomic mass is 28.3. The first-order valence-corrected chi connectivity index (χ1v) is 9.52. The van der Waals surface area contributed by atoms with Crippen LogP contribution in [-0.4, -0.2) is 8.80 Å². The van der Waals surface area contributed by atoms with Crippen molar-refractivity contribution in [3.05, 3.63) is 84.9 Å². The largest absolute Gasteiger partial charge is 0.458 e. The van der Waals surface area contributed by atoms with Gasteiger partial charge in [-0.05, 0) is 23.4 Å². The molecule has 0 aromatic heterocycles. The van der Waals surface area contributed by atoms with Gasteiger partial charge in [-0.3, -0.25) is 0 Å². The van der Waals surface area contributed by atoms with Crippen molar-refractivity contribution in [3.63, 3.8) is 0 Å². The molecular weight excluding hydrogens is 272 g/mol. The molecule has 0 fully saturated rings. The molecule has 0 spiro atoms. The Morgan fingerprint density at radius 3 is 1.95 bits per heavy atom. The van der Waals surface area contributed by atoms with E-state index in [9.17, 15) is 0 Å². The summed E-state index contributed by atoms with van der Waals surface area (Å²) in [6, 6.07) is 29.1. The van der Waals surface area contributed by atoms with Gasteiger partial charge in [0.15, 0.2) is 0 Å². The number of benzene rings is 3. The third-order valence-corrected chi connectivity index (χ3v) is 6.45. The van der Waals surface area contributed by atoms with E-state index in [1.54, 1.807) is 0 Å². The fourth-order valence-corrected chi connectivity index (χ4v) is 4.61. The van der Waals surface area contributed by atoms with Gasteiger partial charge >= 0.3 is 0 Å². The summed E-state index contributed by atoms with van der Waals surface area (Å²) in [5.41, 5.74) is 0. The van der Waals surface area contributed by atoms with Crippen LogP contribution in [-0.2, 0) is 0 Å². The Balaban J connectivity index is 1.93. The molecule has 0 aliphatic heterocycles. The average Bonchev–Trinajstić information content (AvgIpc) is 2.56. The Morgan fingerprint density at radius 2 is 1.24 bits per heavy atom. The van der Waals surface area contributed by atoms with Crippen molar-refractivity contribution < 1.29 is 4.74 Å². The summed E-state index contributed by atoms with van der Waals surface area (Å²) < 4.78 is 6.09. The highest BCUT2D eigenvalue weighted by molar-refractivity contribution is 6.84. The average molecular weight is 290 g/mol. The Hall–Kier alpha value is -2.32. The zero-order valence-corrected chi connectivity index (χ0v) is 13.2. The predicted octanol–water partition coefficient (Wildman–Crippen LogP) is 3.45. The van der Waals surface area contributed by atoms with Crippen LogP contribution in [0.5, 0.6) is 11.5 Å². The lowest BCUT2D eigenvalue weighted by atomic mass is 10.3. The Kier molecular flexibility index (Phi) is 4.17. The monoisotopic (exact) mass is 290 g/mol. The highest BCUT2D eigenvalue weighted by Gasteiger charge is 2.15. The van der Waals surface area contributed by atoms with Crippen molar-refractivity contribution in [2.75, 3.05) is 0 Å². The molecule has 2 heteroatoms. The van der Waals surface area contributed by atoms with Crippen LogP contribution in [0.4, 0.5) is 0 Å². The summed E-state index contributed by atoms with van der Waals surface area (Å²) in [6.45, 7) is 2.35. The van der Waals surface area contributed by atoms with E-state index in [4.69, 9.17) is 4.74 Å². The van der Waals surface area contributed by atoms with E-state index in [1.807, 2.05) is 36.4 Å². The minimum Gasteiger partial charge on any atom is -0.458 e. The standard InChI is InChI=1S/C19H18OSi/c1-21(17-12-6-3-7-13-17)19-15-9-8-14-18(19)20-16-10-4-2-5-11-16/h2-15,21H,1H3. The zero-order valence-electron chi connectivity index (χ0n) is 12.1. The Bertz CT molecular complexity index is 695. The molecule has 0 aliphatic carbocycles. The summed E-state index contributed by atoms with van der Waals surface area (Å²) in [7, 11) is -1.22. The number of hydrogen-bond acceptors (Lipinski definition) is 1. The number of hydrogen-bond donors (Lipinski definition) is 0. The minimum absolute atomic E-state index is 0.888. The van der Waals surface area contributed by atoms with E-state index in [0.717, 1.165) is 11.5 Å². The highest BCUT2D eigenvalue weighted by Crippen LogP contribution is 2.19. The van der Waals surface area contributed by atoms with Crippen LogP contribution in [0.15, 0.2) is 84.9 Å². The molecule has 21 heavy (non-hydrogen) atoms. The van der Waals surface area contributed by atoms with E-state index in [-0.39, 0.29) is 0 Å². The summed E-state index contributed by atoms with van der Waals surface area (Å²) in [6.07, 6.45) is 0. The molecule has 0 aliphatic rings. The van der Waals surface area contributed by atoms with Crippen LogP contribution in [0.25, 0.3) is 0 Å². The fraction of sp³-hybridized carbons (Fsp3) is 0.0526. The van der Waals surface area contributed by atoms with Gasteiger partial charge in [-0.1, -0.05) is 78.5 Å². The lowest BCUT2D eigenvalue weighted by Crippen LogP contribution is -2.39. The van der Waals surface area contributed by atoms with Gasteiger partial charge in [0.25, 0.3) is 0 Å². The lowest BCUT2D eigenvalue weighted by molar-refractivity contribution is 0.486. The molecular formula is C19H18OSi. The molecule has 104 valence electrons. The summed E-state index contributed by atoms with van der Waals surface area (Å²) in [4.78, 5) is 0. The molecule has 3 aromatic rings. The number of rotatable bonds is 4. The Labute approximate surface area is 127 Å². The van der Waals surface area contributed by atoms with Crippen LogP contribution < -0.4 is 15.1 Å². The van der Waals surface area contributed by atoms with Gasteiger partial charge in [-0.25, -0.2) is 0 Å². The van der Waals surface area contributed by atoms with Crippen LogP contribution in [0, 0.1) is 0 Å². The van der Waals surface area contributed by atoms with Crippen LogP contribution >= 0.6 is 0 Å². The van der Waals surface area contributed by atoms with Gasteiger partial charge in [0.2, 0.25) is 0 Å². The second-order valence-corrected chi connectivity index (χ2v) is 7.82. The fourth-order valence-electron chi connectivity index (χ4n) is 2.47. The maximum Gasteiger partial charge on any atom is 0.127 e. The summed E-state index contributed by atoms with van der Waals surface area (Å²) in [5.74, 6) is 1.87. The maximum absolute atomic E-state index is 6.09. The number of para-hydroxylation sites is 2. The number of ether oxygens (including phenoxy) is 1. The SMILES string of the molecule is C[SiH](c1ccccc1)c1ccccc1Oc1ccccc1. The molecule has 1 unspecified atom stereocenters. The van der Waals surface area contributed by atoms with E-state index in [1.165, 1.54) is 10.4 Å². The van der Waals surface area contributed by atoms with Crippen LogP contribution in [0.2, 0.25) is 6.55 Å². The van der Waals surface area contributed by atoms with Crippen molar-refractivity contribution in [1.29, 1.82) is 0 Å². The molecule has 0 bridgehead atoms. The molecule has 0 radical (unpaired) electrons. The molecule has 0 N–H and O–H groups in total. The lowest BCUT2D eigenvalue weighted by Gasteiger charge is -2.16. The van der Waals surface area contributed by atoms with Gasteiger partial charge in [0.05, 0.1) is 0 Å². The molecule has 0 heterocycles. The minimum atomic E-state index is -1.22. The molecule has 3 aromatic carbocycles. The molecule has 1 nitrogen and oxygen atoms in total. The quantitative estimate of drug-likeness (QED) is 0.669. The topological polar surface area (TPSA) is 9.23 Å². The maximum atomic E-state index is 6.09. The summed E-state index contributed by atoms with van der Waals surface area (Å²) in [5, 5.41) is 2.77. The molecule has 3 rings (SSSR count). The first-order valence-electron chi connectivity index (χ1n) is 7.21. The Morgan fingerprint density at radius 1 is 0.667 bits per heavy atom. The van der Waals surface area contributed by atoms with Crippen LogP contribution in [0.1, 0.15) is 0 Å². The third-order valence-electron chi connectivity index (χ3n) is 3.66. The van der Waals surface area contributed by atoms with Gasteiger partial charge in [-0.2, -0.15) is 0 Å². The second-order valence-electron chi connectivity index (χ2n) is 5.09. The first kappa shape index (κ1) is 13.7. The van der Waals surface area contributed by atoms with Gasteiger partial charge in [-0.15, -0.1) is 0 Å².